The number of fused-ring (bicyclic) bond motifs is 1. The van der Waals surface area contributed by atoms with E-state index < -0.39 is 12.2 Å². The Hall–Kier alpha value is -4.36. The maximum atomic E-state index is 13.3. The molecule has 0 aliphatic carbocycles. The van der Waals surface area contributed by atoms with Crippen molar-refractivity contribution in [1.82, 2.24) is 29.9 Å². The summed E-state index contributed by atoms with van der Waals surface area (Å²) in [6.45, 7) is 2.07. The van der Waals surface area contributed by atoms with Crippen LogP contribution >= 0.6 is 23.2 Å². The first-order valence-electron chi connectivity index (χ1n) is 16.4. The van der Waals surface area contributed by atoms with E-state index in [1.165, 1.54) is 4.40 Å². The zero-order valence-corrected chi connectivity index (χ0v) is 28.8. The topological polar surface area (TPSA) is 141 Å². The fourth-order valence-corrected chi connectivity index (χ4v) is 7.31. The zero-order valence-electron chi connectivity index (χ0n) is 27.3. The minimum absolute atomic E-state index is 0.0887. The number of benzene rings is 2. The van der Waals surface area contributed by atoms with Gasteiger partial charge < -0.3 is 25.6 Å². The molecular formula is C37H36Cl2N6O5. The van der Waals surface area contributed by atoms with Gasteiger partial charge in [0, 0.05) is 85.4 Å². The van der Waals surface area contributed by atoms with Gasteiger partial charge in [0.15, 0.2) is 0 Å². The Bertz CT molecular complexity index is 2130. The van der Waals surface area contributed by atoms with E-state index in [9.17, 15) is 19.8 Å². The summed E-state index contributed by atoms with van der Waals surface area (Å²) in [5.41, 5.74) is 5.98. The summed E-state index contributed by atoms with van der Waals surface area (Å²) in [7, 11) is 1.58. The second kappa shape index (κ2) is 14.5. The van der Waals surface area contributed by atoms with Gasteiger partial charge in [0.25, 0.3) is 5.56 Å². The molecule has 5 heterocycles. The molecule has 2 aliphatic heterocycles. The third-order valence-corrected chi connectivity index (χ3v) is 10.1. The van der Waals surface area contributed by atoms with Crippen LogP contribution in [0.15, 0.2) is 77.9 Å². The second-order valence-electron chi connectivity index (χ2n) is 12.7. The normalized spacial score (nSPS) is 19.3. The Morgan fingerprint density at radius 1 is 0.940 bits per heavy atom. The van der Waals surface area contributed by atoms with Crippen LogP contribution in [-0.2, 0) is 17.9 Å². The van der Waals surface area contributed by atoms with Crippen molar-refractivity contribution in [2.24, 2.45) is 0 Å². The summed E-state index contributed by atoms with van der Waals surface area (Å²) in [6, 6.07) is 19.1. The minimum atomic E-state index is -0.828. The molecule has 2 aliphatic rings. The lowest BCUT2D eigenvalue weighted by Gasteiger charge is -2.16. The number of likely N-dealkylation sites (tertiary alicyclic amines) is 1. The fourth-order valence-electron chi connectivity index (χ4n) is 6.65. The molecular weight excluding hydrogens is 679 g/mol. The number of aliphatic hydroxyl groups excluding tert-OH is 2. The number of amides is 1. The number of nitrogens with zero attached hydrogens (tertiary/aromatic N) is 4. The maximum absolute atomic E-state index is 13.3. The number of hydrogen-bond donors (Lipinski definition) is 4. The molecule has 0 radical (unpaired) electrons. The molecule has 0 bridgehead atoms. The molecule has 7 rings (SSSR count). The van der Waals surface area contributed by atoms with Crippen LogP contribution in [-0.4, -0.2) is 80.4 Å². The molecule has 3 atom stereocenters. The number of aromatic nitrogens is 3. The molecule has 1 amide bonds. The minimum Gasteiger partial charge on any atom is -0.481 e. The number of methoxy groups -OCH3 is 1. The highest BCUT2D eigenvalue weighted by Crippen LogP contribution is 2.42. The third-order valence-electron chi connectivity index (χ3n) is 9.31. The summed E-state index contributed by atoms with van der Waals surface area (Å²) in [5.74, 6) is 0.572. The quantitative estimate of drug-likeness (QED) is 0.167. The number of ether oxygens (including phenoxy) is 1. The molecule has 5 aromatic rings. The van der Waals surface area contributed by atoms with Gasteiger partial charge in [0.1, 0.15) is 5.65 Å². The van der Waals surface area contributed by atoms with Crippen LogP contribution in [0, 0.1) is 0 Å². The average molecular weight is 716 g/mol. The van der Waals surface area contributed by atoms with Gasteiger partial charge >= 0.3 is 0 Å². The second-order valence-corrected chi connectivity index (χ2v) is 13.5. The van der Waals surface area contributed by atoms with E-state index in [1.807, 2.05) is 65.6 Å². The third kappa shape index (κ3) is 6.85. The number of pyridine rings is 2. The van der Waals surface area contributed by atoms with Gasteiger partial charge in [-0.25, -0.2) is 9.97 Å². The molecule has 11 nitrogen and oxygen atoms in total. The number of carbonyl (C=O) groups is 1. The van der Waals surface area contributed by atoms with Gasteiger partial charge in [-0.3, -0.25) is 18.9 Å². The SMILES string of the molecule is COc1nc(-c2cccc(-c3cccc(-c4ccn5c(=O)c(CN6C[C@@H](O)[C@H](O)C6)cnc5c4)c3Cl)c2Cl)ccc1CNCC1CCC(=O)N1. The van der Waals surface area contributed by atoms with Crippen LogP contribution in [0.3, 0.4) is 0 Å². The van der Waals surface area contributed by atoms with E-state index in [-0.39, 0.29) is 24.1 Å². The molecule has 2 saturated heterocycles. The summed E-state index contributed by atoms with van der Waals surface area (Å²) in [4.78, 5) is 35.9. The number of aliphatic hydroxyl groups is 2. The first-order valence-corrected chi connectivity index (χ1v) is 17.2. The van der Waals surface area contributed by atoms with Crippen molar-refractivity contribution in [2.75, 3.05) is 26.7 Å². The summed E-state index contributed by atoms with van der Waals surface area (Å²) >= 11 is 14.2. The van der Waals surface area contributed by atoms with Crippen LogP contribution in [0.5, 0.6) is 5.88 Å². The molecule has 50 heavy (non-hydrogen) atoms. The predicted octanol–water partition coefficient (Wildman–Crippen LogP) is 4.31. The van der Waals surface area contributed by atoms with Crippen molar-refractivity contribution in [3.8, 4) is 39.4 Å². The van der Waals surface area contributed by atoms with Crippen molar-refractivity contribution in [3.63, 3.8) is 0 Å². The molecule has 3 aromatic heterocycles. The first-order chi connectivity index (χ1) is 24.2. The van der Waals surface area contributed by atoms with E-state index in [2.05, 4.69) is 15.6 Å². The molecule has 1 unspecified atom stereocenters. The lowest BCUT2D eigenvalue weighted by Crippen LogP contribution is -2.35. The Morgan fingerprint density at radius 2 is 1.64 bits per heavy atom. The number of hydrogen-bond acceptors (Lipinski definition) is 9. The monoisotopic (exact) mass is 714 g/mol. The number of nitrogens with one attached hydrogen (secondary N) is 2. The number of β-amino-alcohol motifs (C(OH)–C–C–N with tert-alkyl or cyclic N) is 2. The van der Waals surface area contributed by atoms with Gasteiger partial charge in [-0.2, -0.15) is 0 Å². The van der Waals surface area contributed by atoms with Crippen molar-refractivity contribution < 1.29 is 19.7 Å². The van der Waals surface area contributed by atoms with Crippen LogP contribution in [0.1, 0.15) is 24.0 Å². The largest absolute Gasteiger partial charge is 0.481 e. The molecule has 2 fully saturated rings. The van der Waals surface area contributed by atoms with Gasteiger partial charge in [-0.1, -0.05) is 65.7 Å². The summed E-state index contributed by atoms with van der Waals surface area (Å²) < 4.78 is 7.12. The molecule has 0 spiro atoms. The van der Waals surface area contributed by atoms with E-state index in [0.717, 1.165) is 39.8 Å². The molecule has 4 N–H and O–H groups in total. The highest BCUT2D eigenvalue weighted by molar-refractivity contribution is 6.39. The summed E-state index contributed by atoms with van der Waals surface area (Å²) in [6.07, 6.45) is 2.96. The Balaban J connectivity index is 1.13. The fraction of sp³-hybridized carbons (Fsp3) is 0.297. The highest BCUT2D eigenvalue weighted by Gasteiger charge is 2.30. The standard InChI is InChI=1S/C37H36Cl2N6O5/c1-50-36-22(15-40-17-24-9-11-33(48)42-24)8-10-29(43-36)28-7-3-6-27(35(28)39)26-5-2-4-25(34(26)38)21-12-13-45-32(14-21)41-16-23(37(45)49)18-44-19-30(46)31(47)20-44/h2-8,10,12-14,16,24,30-31,40,46-47H,9,11,15,17-20H2,1H3,(H,42,48)/t24?,30-,31-/m1/s1. The van der Waals surface area contributed by atoms with Gasteiger partial charge in [-0.05, 0) is 30.2 Å². The zero-order chi connectivity index (χ0) is 34.9. The van der Waals surface area contributed by atoms with Gasteiger partial charge in [0.2, 0.25) is 11.8 Å². The van der Waals surface area contributed by atoms with Crippen molar-refractivity contribution in [1.29, 1.82) is 0 Å². The van der Waals surface area contributed by atoms with Crippen LogP contribution < -0.4 is 20.9 Å². The maximum Gasteiger partial charge on any atom is 0.262 e. The number of carbonyl (C=O) groups excluding carboxylic acids is 1. The van der Waals surface area contributed by atoms with Crippen molar-refractivity contribution in [3.05, 3.63) is 105 Å². The Labute approximate surface area is 298 Å². The smallest absolute Gasteiger partial charge is 0.262 e. The summed E-state index contributed by atoms with van der Waals surface area (Å²) in [5, 5.41) is 27.1. The molecule has 258 valence electrons. The van der Waals surface area contributed by atoms with E-state index in [1.54, 1.807) is 19.5 Å². The molecule has 13 heteroatoms. The first kappa shape index (κ1) is 34.1. The average Bonchev–Trinajstić information content (AvgIpc) is 3.68. The predicted molar refractivity (Wildman–Crippen MR) is 192 cm³/mol. The van der Waals surface area contributed by atoms with Crippen molar-refractivity contribution in [2.45, 2.75) is 44.2 Å². The van der Waals surface area contributed by atoms with Crippen molar-refractivity contribution >= 4 is 34.8 Å². The Morgan fingerprint density at radius 3 is 2.34 bits per heavy atom. The lowest BCUT2D eigenvalue weighted by molar-refractivity contribution is -0.119. The number of rotatable bonds is 10. The van der Waals surface area contributed by atoms with Crippen LogP contribution in [0.2, 0.25) is 10.0 Å². The number of halogens is 2. The molecule has 0 saturated carbocycles. The Kier molecular flexibility index (Phi) is 9.87. The molecule has 2 aromatic carbocycles. The van der Waals surface area contributed by atoms with E-state index in [4.69, 9.17) is 32.9 Å². The lowest BCUT2D eigenvalue weighted by atomic mass is 9.97. The van der Waals surface area contributed by atoms with E-state index in [0.29, 0.717) is 65.4 Å². The van der Waals surface area contributed by atoms with Gasteiger partial charge in [0.05, 0.1) is 40.6 Å². The highest BCUT2D eigenvalue weighted by atomic mass is 35.5. The van der Waals surface area contributed by atoms with Crippen LogP contribution in [0.25, 0.3) is 39.2 Å². The van der Waals surface area contributed by atoms with Gasteiger partial charge in [-0.15, -0.1) is 0 Å². The van der Waals surface area contributed by atoms with E-state index >= 15 is 0 Å². The van der Waals surface area contributed by atoms with Crippen LogP contribution in [0.4, 0.5) is 0 Å².